The Bertz CT molecular complexity index is 3800. The summed E-state index contributed by atoms with van der Waals surface area (Å²) in [7, 11) is 0. The Morgan fingerprint density at radius 2 is 0.667 bits per heavy atom. The number of aldehydes is 1. The monoisotopic (exact) mass is 2520 g/mol. The van der Waals surface area contributed by atoms with E-state index in [4.69, 9.17) is 14.3 Å². The number of aryl methyl sites for hydroxylation is 3. The number of likely N-dealkylation sites (N-methyl/N-ethyl adjacent to an activating group) is 1. The van der Waals surface area contributed by atoms with Crippen molar-refractivity contribution in [1.29, 1.82) is 0 Å². The van der Waals surface area contributed by atoms with E-state index in [2.05, 4.69) is 43.7 Å². The Morgan fingerprint density at radius 1 is 0.427 bits per heavy atom. The molecule has 117 heavy (non-hydrogen) atoms. The van der Waals surface area contributed by atoms with E-state index in [9.17, 15) is 28.8 Å². The molecule has 3 saturated heterocycles. The van der Waals surface area contributed by atoms with Crippen LogP contribution >= 0.6 is 24.0 Å². The first kappa shape index (κ1) is 151. The first-order chi connectivity index (χ1) is 51.7. The second-order valence-electron chi connectivity index (χ2n) is 22.3. The zero-order valence-electron chi connectivity index (χ0n) is 76.8. The molecule has 24 nitrogen and oxygen atoms in total. The maximum Gasteiger partial charge on any atom is 0.410 e. The van der Waals surface area contributed by atoms with Crippen molar-refractivity contribution in [2.45, 2.75) is 353 Å². The Labute approximate surface area is 812 Å². The standard InChI is InChI=1S/C16H22N4O3.C14H18N4O3.C13H18N4O.C12H15N3O.C2H4O.12C2H6.C2H5.4CH4.HI.4W.Y/c1-5-19-12-7-6-8-17-13(12)20(14(19)21)11-9-18(10-11)15(22)23-16(2,3)4;1-14(2,3)21-13(20)17-7-9(8-17)18-11-10(16-12(18)19)5-4-6-15-11;1-3-15-8-10(9-15)17-12-11(6-5-7-14-12)16(4-2)13(17)18;1-2-14-10-7-4-8-13-11(10)15(12(14)16)9-5-3-6-9;1-2-3;13*1-2;;;;;;;;;;/h6-8,11H,5,9-10H2,1-4H3;4-6,9H,7-8H2,1-3H3,(H,16,19);5-7,10H,3-4,8-9H2,1-2H3;4,7-9H,2-3,5-6H2,1H3;2H,1H3;12*1-2H3;1H2,2H3;4*1H4;1H;;;;;/q;;;;;;;;;;;;;;;;;-1;;;;;;;;;;. The second kappa shape index (κ2) is 88.7. The number of carbonyl (C=O) groups excluding carboxylic acids is 3. The average molecular weight is 2520 g/mol. The van der Waals surface area contributed by atoms with E-state index in [0.717, 1.165) is 66.6 Å². The molecule has 1 N–H and O–H groups in total. The average Bonchev–Trinajstić information content (AvgIpc) is 1.63. The normalized spacial score (nSPS) is 11.7. The summed E-state index contributed by atoms with van der Waals surface area (Å²) >= 11 is 0. The number of hydrogen-bond acceptors (Lipinski definition) is 14. The Morgan fingerprint density at radius 3 is 0.906 bits per heavy atom. The molecule has 8 aromatic rings. The van der Waals surface area contributed by atoms with Gasteiger partial charge in [-0.25, -0.2) is 48.7 Å². The first-order valence-electron chi connectivity index (χ1n) is 40.7. The van der Waals surface area contributed by atoms with Gasteiger partial charge in [-0.1, -0.05) is 203 Å². The molecule has 0 unspecified atom stereocenters. The number of imidazole rings is 4. The number of carbonyl (C=O) groups is 3. The smallest absolute Gasteiger partial charge is 0.410 e. The van der Waals surface area contributed by atoms with Crippen molar-refractivity contribution < 1.29 is 141 Å². The van der Waals surface area contributed by atoms with Gasteiger partial charge >= 0.3 is 34.9 Å². The molecule has 0 bridgehead atoms. The summed E-state index contributed by atoms with van der Waals surface area (Å²) in [6, 6.07) is 15.6. The molecule has 8 aromatic heterocycles. The largest absolute Gasteiger partial charge is 0.444 e. The molecule has 0 spiro atoms. The third-order valence-electron chi connectivity index (χ3n) is 14.5. The Kier molecular flexibility index (Phi) is 115. The van der Waals surface area contributed by atoms with Crippen LogP contribution in [0.15, 0.2) is 92.5 Å². The summed E-state index contributed by atoms with van der Waals surface area (Å²) in [4.78, 5) is 108. The molecule has 30 heteroatoms. The van der Waals surface area contributed by atoms with Gasteiger partial charge in [0.1, 0.15) is 17.5 Å². The maximum absolute atomic E-state index is 12.6. The number of likely N-dealkylation sites (tertiary alicyclic amines) is 3. The van der Waals surface area contributed by atoms with E-state index in [1.807, 2.05) is 280 Å². The third-order valence-corrected chi connectivity index (χ3v) is 14.5. The quantitative estimate of drug-likeness (QED) is 0.0844. The van der Waals surface area contributed by atoms with Crippen LogP contribution in [0.25, 0.3) is 44.7 Å². The number of fused-ring (bicyclic) bond motifs is 4. The van der Waals surface area contributed by atoms with Crippen LogP contribution in [0.3, 0.4) is 0 Å². The second-order valence-corrected chi connectivity index (χ2v) is 22.3. The molecular weight excluding hydrogens is 2350 g/mol. The maximum atomic E-state index is 12.6. The molecule has 3 aliphatic heterocycles. The molecule has 11 heterocycles. The number of rotatable bonds is 8. The van der Waals surface area contributed by atoms with Crippen LogP contribution in [0.4, 0.5) is 9.59 Å². The number of aromatic nitrogens is 12. The minimum atomic E-state index is -0.515. The van der Waals surface area contributed by atoms with Crippen LogP contribution in [0.5, 0.6) is 0 Å². The zero-order chi connectivity index (χ0) is 84.5. The van der Waals surface area contributed by atoms with Crippen LogP contribution in [0, 0.1) is 6.92 Å². The predicted octanol–water partition coefficient (Wildman–Crippen LogP) is 23.1. The number of aromatic amines is 1. The SMILES string of the molecule is C.C.C.C.CC.CC.CC.CC.CC.CC.CC.CC.CC.CC.CC.CC.CC(C)(C)OC(=O)N1CC(n2c(=O)[nH]c3cccnc32)C1.CC=O.CCN1CC(n2c(=O)n(CC)c3cccnc32)C1.CCn1c(=O)n(C2CCC2)c2ncccc21.CCn1c(=O)n(C2CN(C(=O)OC(C)(C)C)C2)c2ncccc21.I.[CH2-]C.[W].[W].[W].[W].[Y]. The molecule has 12 rings (SSSR count). The van der Waals surface area contributed by atoms with Crippen LogP contribution in [0.1, 0.15) is 322 Å². The van der Waals surface area contributed by atoms with Gasteiger partial charge in [-0.05, 0) is 144 Å². The first-order valence-corrected chi connectivity index (χ1v) is 40.7. The van der Waals surface area contributed by atoms with Crippen molar-refractivity contribution in [2.75, 3.05) is 45.8 Å². The van der Waals surface area contributed by atoms with Crippen molar-refractivity contribution in [2.24, 2.45) is 0 Å². The fourth-order valence-corrected chi connectivity index (χ4v) is 10.3. The summed E-state index contributed by atoms with van der Waals surface area (Å²) in [5.41, 5.74) is 5.28. The van der Waals surface area contributed by atoms with Gasteiger partial charge in [0.2, 0.25) is 0 Å². The molecule has 0 atom stereocenters. The van der Waals surface area contributed by atoms with Gasteiger partial charge in [-0.2, -0.15) is 6.92 Å². The van der Waals surface area contributed by atoms with Crippen LogP contribution in [-0.4, -0.2) is 147 Å². The van der Waals surface area contributed by atoms with Gasteiger partial charge in [0, 0.05) is 207 Å². The fraction of sp³-hybridized carbons (Fsp3) is 0.678. The number of ether oxygens (including phenoxy) is 2. The number of amides is 2. The van der Waals surface area contributed by atoms with Crippen molar-refractivity contribution >= 4 is 87.1 Å². The topological polar surface area (TPSA) is 250 Å². The summed E-state index contributed by atoms with van der Waals surface area (Å²) in [5, 5.41) is 0. The van der Waals surface area contributed by atoms with Crippen molar-refractivity contribution in [3.05, 3.63) is 122 Å². The minimum Gasteiger partial charge on any atom is -0.444 e. The predicted molar refractivity (Wildman–Crippen MR) is 498 cm³/mol. The van der Waals surface area contributed by atoms with Crippen molar-refractivity contribution in [3.63, 3.8) is 0 Å². The van der Waals surface area contributed by atoms with Gasteiger partial charge in [0.25, 0.3) is 0 Å². The van der Waals surface area contributed by atoms with Crippen molar-refractivity contribution in [3.8, 4) is 0 Å². The van der Waals surface area contributed by atoms with Crippen molar-refractivity contribution in [1.82, 2.24) is 71.6 Å². The summed E-state index contributed by atoms with van der Waals surface area (Å²) < 4.78 is 23.0. The fourth-order valence-electron chi connectivity index (χ4n) is 10.3. The molecule has 1 aliphatic carbocycles. The van der Waals surface area contributed by atoms with Gasteiger partial charge in [0.15, 0.2) is 22.6 Å². The molecule has 683 valence electrons. The van der Waals surface area contributed by atoms with E-state index < -0.39 is 11.2 Å². The van der Waals surface area contributed by atoms with E-state index in [1.54, 1.807) is 70.4 Å². The molecule has 4 fully saturated rings. The number of halogens is 1. The molecule has 0 aromatic carbocycles. The molecule has 1 saturated carbocycles. The van der Waals surface area contributed by atoms with Gasteiger partial charge in [-0.15, -0.1) is 24.0 Å². The van der Waals surface area contributed by atoms with Gasteiger partial charge in [0.05, 0.1) is 40.2 Å². The van der Waals surface area contributed by atoms with Gasteiger partial charge < -0.3 is 36.0 Å². The summed E-state index contributed by atoms with van der Waals surface area (Å²) in [5.74, 6) is 0. The Hall–Kier alpha value is -3.56. The molecule has 4 aliphatic rings. The minimum absolute atomic E-state index is 0. The summed E-state index contributed by atoms with van der Waals surface area (Å²) in [6.45, 7) is 80.3. The number of nitrogens with zero attached hydrogens (tertiary/aromatic N) is 14. The van der Waals surface area contributed by atoms with Crippen LogP contribution in [0.2, 0.25) is 0 Å². The van der Waals surface area contributed by atoms with E-state index in [1.165, 1.54) is 13.3 Å². The molecule has 2 amide bonds. The van der Waals surface area contributed by atoms with Crippen LogP contribution in [-0.2, 0) is 151 Å². The van der Waals surface area contributed by atoms with E-state index in [0.29, 0.717) is 68.7 Å². The van der Waals surface area contributed by atoms with E-state index in [-0.39, 0.29) is 224 Å². The number of pyridine rings is 4. The summed E-state index contributed by atoms with van der Waals surface area (Å²) in [6.07, 6.45) is 10.4. The molecular formula is C87H171IN15O9W4Y-. The van der Waals surface area contributed by atoms with E-state index >= 15 is 0 Å². The molecule has 1 radical (unpaired) electrons. The van der Waals surface area contributed by atoms with Crippen LogP contribution < -0.4 is 22.8 Å². The van der Waals surface area contributed by atoms with Gasteiger partial charge in [-0.3, -0.25) is 36.9 Å². The Balaban J connectivity index is -0.0000000733. The zero-order valence-corrected chi connectivity index (χ0v) is 93.7. The number of H-pyrrole nitrogens is 1. The number of hydrogen-bond donors (Lipinski definition) is 1. The third kappa shape index (κ3) is 46.1. The number of nitrogens with one attached hydrogen (secondary N) is 1.